The summed E-state index contributed by atoms with van der Waals surface area (Å²) in [5, 5.41) is 6.05. The Labute approximate surface area is 93.3 Å². The lowest BCUT2D eigenvalue weighted by atomic mass is 10.2. The van der Waals surface area contributed by atoms with Crippen LogP contribution in [0.4, 0.5) is 0 Å². The van der Waals surface area contributed by atoms with Crippen molar-refractivity contribution in [2.75, 3.05) is 11.5 Å². The van der Waals surface area contributed by atoms with Gasteiger partial charge in [-0.1, -0.05) is 0 Å². The zero-order chi connectivity index (χ0) is 9.38. The third kappa shape index (κ3) is 1.62. The standard InChI is InChI=1S/C11H15NS2/c1-2-10(11-8(1)3-6-14-11)12-9-4-5-13-7-9/h3,6,9-10,12H,1-2,4-5,7H2. The topological polar surface area (TPSA) is 12.0 Å². The van der Waals surface area contributed by atoms with Gasteiger partial charge in [-0.05, 0) is 42.0 Å². The Morgan fingerprint density at radius 3 is 3.21 bits per heavy atom. The molecule has 76 valence electrons. The molecule has 0 bridgehead atoms. The predicted octanol–water partition coefficient (Wildman–Crippen LogP) is 2.83. The number of rotatable bonds is 2. The first-order valence-corrected chi connectivity index (χ1v) is 7.37. The molecule has 1 aromatic heterocycles. The molecule has 2 unspecified atom stereocenters. The first kappa shape index (κ1) is 9.25. The molecule has 1 N–H and O–H groups in total. The van der Waals surface area contributed by atoms with Crippen LogP contribution in [0.25, 0.3) is 0 Å². The number of hydrogen-bond donors (Lipinski definition) is 1. The molecular weight excluding hydrogens is 210 g/mol. The Kier molecular flexibility index (Phi) is 2.56. The molecule has 1 aromatic rings. The van der Waals surface area contributed by atoms with Crippen molar-refractivity contribution >= 4 is 23.1 Å². The van der Waals surface area contributed by atoms with Crippen LogP contribution in [0.2, 0.25) is 0 Å². The Hall–Kier alpha value is 0.01000. The molecule has 1 fully saturated rings. The summed E-state index contributed by atoms with van der Waals surface area (Å²) in [6.45, 7) is 0. The average molecular weight is 225 g/mol. The maximum atomic E-state index is 3.81. The first-order valence-electron chi connectivity index (χ1n) is 5.33. The second-order valence-electron chi connectivity index (χ2n) is 4.13. The summed E-state index contributed by atoms with van der Waals surface area (Å²) in [6.07, 6.45) is 3.97. The van der Waals surface area contributed by atoms with Crippen molar-refractivity contribution in [3.8, 4) is 0 Å². The minimum Gasteiger partial charge on any atom is -0.306 e. The van der Waals surface area contributed by atoms with Gasteiger partial charge in [-0.15, -0.1) is 11.3 Å². The van der Waals surface area contributed by atoms with Crippen LogP contribution >= 0.6 is 23.1 Å². The highest BCUT2D eigenvalue weighted by Crippen LogP contribution is 2.36. The number of hydrogen-bond acceptors (Lipinski definition) is 3. The number of aryl methyl sites for hydroxylation is 1. The summed E-state index contributed by atoms with van der Waals surface area (Å²) >= 11 is 4.02. The third-order valence-electron chi connectivity index (χ3n) is 3.17. The van der Waals surface area contributed by atoms with Crippen LogP contribution in [0.15, 0.2) is 11.4 Å². The zero-order valence-corrected chi connectivity index (χ0v) is 9.79. The Bertz CT molecular complexity index is 315. The highest BCUT2D eigenvalue weighted by Gasteiger charge is 2.26. The lowest BCUT2D eigenvalue weighted by molar-refractivity contribution is 0.462. The van der Waals surface area contributed by atoms with E-state index in [4.69, 9.17) is 0 Å². The van der Waals surface area contributed by atoms with E-state index in [1.54, 1.807) is 10.4 Å². The highest BCUT2D eigenvalue weighted by molar-refractivity contribution is 7.99. The largest absolute Gasteiger partial charge is 0.306 e. The molecule has 1 aliphatic carbocycles. The quantitative estimate of drug-likeness (QED) is 0.830. The molecule has 2 atom stereocenters. The summed E-state index contributed by atoms with van der Waals surface area (Å²) < 4.78 is 0. The number of thioether (sulfide) groups is 1. The van der Waals surface area contributed by atoms with E-state index in [2.05, 4.69) is 28.5 Å². The lowest BCUT2D eigenvalue weighted by Gasteiger charge is -2.17. The summed E-state index contributed by atoms with van der Waals surface area (Å²) in [5.41, 5.74) is 1.60. The fourth-order valence-corrected chi connectivity index (χ4v) is 4.62. The van der Waals surface area contributed by atoms with Gasteiger partial charge >= 0.3 is 0 Å². The predicted molar refractivity (Wildman–Crippen MR) is 64.2 cm³/mol. The minimum atomic E-state index is 0.675. The number of fused-ring (bicyclic) bond motifs is 1. The van der Waals surface area contributed by atoms with Gasteiger partial charge in [0.1, 0.15) is 0 Å². The normalized spacial score (nSPS) is 30.9. The van der Waals surface area contributed by atoms with Crippen LogP contribution in [0, 0.1) is 0 Å². The van der Waals surface area contributed by atoms with Crippen molar-refractivity contribution in [2.24, 2.45) is 0 Å². The van der Waals surface area contributed by atoms with Crippen molar-refractivity contribution in [2.45, 2.75) is 31.3 Å². The molecule has 0 spiro atoms. The van der Waals surface area contributed by atoms with Crippen LogP contribution in [0.5, 0.6) is 0 Å². The van der Waals surface area contributed by atoms with Gasteiger partial charge in [0, 0.05) is 22.7 Å². The van der Waals surface area contributed by atoms with Gasteiger partial charge in [-0.25, -0.2) is 0 Å². The van der Waals surface area contributed by atoms with Gasteiger partial charge in [0.15, 0.2) is 0 Å². The summed E-state index contributed by atoms with van der Waals surface area (Å²) in [5.74, 6) is 2.67. The second-order valence-corrected chi connectivity index (χ2v) is 6.23. The van der Waals surface area contributed by atoms with Crippen LogP contribution in [-0.4, -0.2) is 17.5 Å². The van der Waals surface area contributed by atoms with Crippen molar-refractivity contribution in [3.63, 3.8) is 0 Å². The second kappa shape index (κ2) is 3.87. The van der Waals surface area contributed by atoms with Gasteiger partial charge < -0.3 is 5.32 Å². The van der Waals surface area contributed by atoms with Crippen molar-refractivity contribution in [1.29, 1.82) is 0 Å². The molecule has 1 saturated heterocycles. The summed E-state index contributed by atoms with van der Waals surface area (Å²) in [6, 6.07) is 3.75. The van der Waals surface area contributed by atoms with E-state index in [0.29, 0.717) is 6.04 Å². The lowest BCUT2D eigenvalue weighted by Crippen LogP contribution is -2.31. The zero-order valence-electron chi connectivity index (χ0n) is 8.16. The maximum Gasteiger partial charge on any atom is 0.0423 e. The highest BCUT2D eigenvalue weighted by atomic mass is 32.2. The number of thiophene rings is 1. The molecule has 1 aliphatic heterocycles. The Morgan fingerprint density at radius 1 is 1.36 bits per heavy atom. The van der Waals surface area contributed by atoms with Crippen LogP contribution in [0.3, 0.4) is 0 Å². The molecule has 0 amide bonds. The molecular formula is C11H15NS2. The van der Waals surface area contributed by atoms with E-state index in [9.17, 15) is 0 Å². The Morgan fingerprint density at radius 2 is 2.36 bits per heavy atom. The minimum absolute atomic E-state index is 0.675. The summed E-state index contributed by atoms with van der Waals surface area (Å²) in [4.78, 5) is 1.61. The SMILES string of the molecule is c1cc2c(s1)C(NC1CCSC1)CC2. The van der Waals surface area contributed by atoms with Crippen molar-refractivity contribution < 1.29 is 0 Å². The number of nitrogens with one attached hydrogen (secondary N) is 1. The monoisotopic (exact) mass is 225 g/mol. The molecule has 0 saturated carbocycles. The van der Waals surface area contributed by atoms with Crippen molar-refractivity contribution in [1.82, 2.24) is 5.32 Å². The molecule has 3 heteroatoms. The van der Waals surface area contributed by atoms with Gasteiger partial charge in [0.05, 0.1) is 0 Å². The van der Waals surface area contributed by atoms with Crippen LogP contribution in [0.1, 0.15) is 29.3 Å². The smallest absolute Gasteiger partial charge is 0.0423 e. The molecule has 2 aliphatic rings. The first-order chi connectivity index (χ1) is 6.93. The maximum absolute atomic E-state index is 3.81. The fourth-order valence-electron chi connectivity index (χ4n) is 2.40. The van der Waals surface area contributed by atoms with Crippen LogP contribution in [-0.2, 0) is 6.42 Å². The molecule has 1 nitrogen and oxygen atoms in total. The van der Waals surface area contributed by atoms with Gasteiger partial charge in [0.2, 0.25) is 0 Å². The van der Waals surface area contributed by atoms with Crippen molar-refractivity contribution in [3.05, 3.63) is 21.9 Å². The molecule has 14 heavy (non-hydrogen) atoms. The van der Waals surface area contributed by atoms with E-state index in [1.165, 1.54) is 30.8 Å². The van der Waals surface area contributed by atoms with Gasteiger partial charge in [-0.2, -0.15) is 11.8 Å². The third-order valence-corrected chi connectivity index (χ3v) is 5.40. The average Bonchev–Trinajstić information content (AvgIpc) is 2.85. The molecule has 0 radical (unpaired) electrons. The van der Waals surface area contributed by atoms with E-state index in [-0.39, 0.29) is 0 Å². The summed E-state index contributed by atoms with van der Waals surface area (Å²) in [7, 11) is 0. The van der Waals surface area contributed by atoms with E-state index < -0.39 is 0 Å². The van der Waals surface area contributed by atoms with E-state index in [0.717, 1.165) is 6.04 Å². The molecule has 2 heterocycles. The Balaban J connectivity index is 1.69. The molecule has 3 rings (SSSR count). The van der Waals surface area contributed by atoms with Gasteiger partial charge in [0.25, 0.3) is 0 Å². The van der Waals surface area contributed by atoms with E-state index in [1.807, 2.05) is 11.3 Å². The fraction of sp³-hybridized carbons (Fsp3) is 0.636. The van der Waals surface area contributed by atoms with Crippen LogP contribution < -0.4 is 5.32 Å². The molecule has 0 aromatic carbocycles. The van der Waals surface area contributed by atoms with Gasteiger partial charge in [-0.3, -0.25) is 0 Å². The van der Waals surface area contributed by atoms with E-state index >= 15 is 0 Å².